The Morgan fingerprint density at radius 1 is 1.38 bits per heavy atom. The molecule has 0 aliphatic carbocycles. The van der Waals surface area contributed by atoms with Gasteiger partial charge >= 0.3 is 5.97 Å². The third-order valence-electron chi connectivity index (χ3n) is 2.07. The zero-order valence-electron chi connectivity index (χ0n) is 8.96. The van der Waals surface area contributed by atoms with Crippen LogP contribution in [0.25, 0.3) is 0 Å². The Balaban J connectivity index is 2.68. The molecule has 1 aromatic carbocycles. The topological polar surface area (TPSA) is 37.3 Å². The lowest BCUT2D eigenvalue weighted by molar-refractivity contribution is -0.145. The fraction of sp³-hybridized carbons (Fsp3) is 0.364. The van der Waals surface area contributed by atoms with E-state index in [0.29, 0.717) is 15.8 Å². The highest BCUT2D eigenvalue weighted by Crippen LogP contribution is 2.31. The van der Waals surface area contributed by atoms with Gasteiger partial charge < -0.3 is 5.11 Å². The predicted octanol–water partition coefficient (Wildman–Crippen LogP) is 4.20. The largest absolute Gasteiger partial charge is 0.481 e. The first-order valence-electron chi connectivity index (χ1n) is 4.64. The van der Waals surface area contributed by atoms with Gasteiger partial charge in [0.2, 0.25) is 0 Å². The molecular weight excluding hydrogens is 267 g/mol. The Bertz CT molecular complexity index is 405. The molecular formula is C11H12Cl2O2S. The van der Waals surface area contributed by atoms with Crippen LogP contribution in [-0.4, -0.2) is 16.8 Å². The molecule has 88 valence electrons. The molecule has 2 nitrogen and oxygen atoms in total. The SMILES string of the molecule is CC(C)(CSc1ccc(Cl)c(Cl)c1)C(=O)O. The number of thioether (sulfide) groups is 1. The van der Waals surface area contributed by atoms with Crippen molar-refractivity contribution in [1.82, 2.24) is 0 Å². The van der Waals surface area contributed by atoms with Gasteiger partial charge in [-0.05, 0) is 32.0 Å². The summed E-state index contributed by atoms with van der Waals surface area (Å²) >= 11 is 13.1. The number of aliphatic carboxylic acids is 1. The standard InChI is InChI=1S/C11H12Cl2O2S/c1-11(2,10(14)15)6-16-7-3-4-8(12)9(13)5-7/h3-5H,6H2,1-2H3,(H,14,15). The van der Waals surface area contributed by atoms with Crippen molar-refractivity contribution in [2.24, 2.45) is 5.41 Å². The first kappa shape index (κ1) is 13.7. The Morgan fingerprint density at radius 2 is 2.00 bits per heavy atom. The van der Waals surface area contributed by atoms with E-state index in [-0.39, 0.29) is 0 Å². The second-order valence-corrected chi connectivity index (χ2v) is 5.92. The molecule has 0 atom stereocenters. The van der Waals surface area contributed by atoms with Crippen LogP contribution >= 0.6 is 35.0 Å². The van der Waals surface area contributed by atoms with E-state index in [1.54, 1.807) is 26.0 Å². The quantitative estimate of drug-likeness (QED) is 0.839. The maximum atomic E-state index is 10.9. The molecule has 0 amide bonds. The molecule has 0 saturated carbocycles. The van der Waals surface area contributed by atoms with Crippen LogP contribution in [-0.2, 0) is 4.79 Å². The second-order valence-electron chi connectivity index (χ2n) is 4.05. The molecule has 1 aromatic rings. The summed E-state index contributed by atoms with van der Waals surface area (Å²) < 4.78 is 0. The molecule has 0 spiro atoms. The number of carbonyl (C=O) groups is 1. The van der Waals surface area contributed by atoms with Crippen LogP contribution < -0.4 is 0 Å². The molecule has 0 heterocycles. The van der Waals surface area contributed by atoms with Crippen molar-refractivity contribution < 1.29 is 9.90 Å². The molecule has 0 aliphatic heterocycles. The van der Waals surface area contributed by atoms with E-state index >= 15 is 0 Å². The van der Waals surface area contributed by atoms with Gasteiger partial charge in [0.1, 0.15) is 0 Å². The highest BCUT2D eigenvalue weighted by molar-refractivity contribution is 7.99. The Hall–Kier alpha value is -0.380. The maximum Gasteiger partial charge on any atom is 0.309 e. The minimum atomic E-state index is -0.805. The number of carboxylic acid groups (broad SMARTS) is 1. The van der Waals surface area contributed by atoms with E-state index in [2.05, 4.69) is 0 Å². The third-order valence-corrected chi connectivity index (χ3v) is 4.26. The number of carboxylic acids is 1. The molecule has 1 rings (SSSR count). The van der Waals surface area contributed by atoms with Gasteiger partial charge in [-0.2, -0.15) is 0 Å². The van der Waals surface area contributed by atoms with Gasteiger partial charge in [-0.25, -0.2) is 0 Å². The number of rotatable bonds is 4. The fourth-order valence-electron chi connectivity index (χ4n) is 0.892. The Labute approximate surface area is 109 Å². The zero-order valence-corrected chi connectivity index (χ0v) is 11.3. The first-order valence-corrected chi connectivity index (χ1v) is 6.38. The van der Waals surface area contributed by atoms with Gasteiger partial charge in [0.25, 0.3) is 0 Å². The van der Waals surface area contributed by atoms with E-state index in [1.165, 1.54) is 11.8 Å². The van der Waals surface area contributed by atoms with E-state index in [4.69, 9.17) is 28.3 Å². The van der Waals surface area contributed by atoms with Crippen molar-refractivity contribution in [2.75, 3.05) is 5.75 Å². The van der Waals surface area contributed by atoms with Gasteiger partial charge in [-0.1, -0.05) is 23.2 Å². The van der Waals surface area contributed by atoms with E-state index < -0.39 is 11.4 Å². The van der Waals surface area contributed by atoms with Gasteiger partial charge in [0, 0.05) is 10.6 Å². The first-order chi connectivity index (χ1) is 7.33. The number of hydrogen-bond acceptors (Lipinski definition) is 2. The minimum absolute atomic E-state index is 0.486. The van der Waals surface area contributed by atoms with Crippen LogP contribution in [0.5, 0.6) is 0 Å². The van der Waals surface area contributed by atoms with Crippen LogP contribution in [0.15, 0.2) is 23.1 Å². The van der Waals surface area contributed by atoms with E-state index in [1.807, 2.05) is 6.07 Å². The number of hydrogen-bond donors (Lipinski definition) is 1. The van der Waals surface area contributed by atoms with Crippen molar-refractivity contribution in [2.45, 2.75) is 18.7 Å². The van der Waals surface area contributed by atoms with Crippen LogP contribution in [0.1, 0.15) is 13.8 Å². The predicted molar refractivity (Wildman–Crippen MR) is 68.6 cm³/mol. The Morgan fingerprint density at radius 3 is 2.50 bits per heavy atom. The summed E-state index contributed by atoms with van der Waals surface area (Å²) in [5, 5.41) is 9.95. The van der Waals surface area contributed by atoms with Crippen molar-refractivity contribution in [3.63, 3.8) is 0 Å². The van der Waals surface area contributed by atoms with Gasteiger partial charge in [0.15, 0.2) is 0 Å². The van der Waals surface area contributed by atoms with E-state index in [0.717, 1.165) is 4.90 Å². The van der Waals surface area contributed by atoms with E-state index in [9.17, 15) is 4.79 Å². The average molecular weight is 279 g/mol. The monoisotopic (exact) mass is 278 g/mol. The molecule has 0 bridgehead atoms. The summed E-state index contributed by atoms with van der Waals surface area (Å²) in [4.78, 5) is 11.8. The maximum absolute atomic E-state index is 10.9. The van der Waals surface area contributed by atoms with Gasteiger partial charge in [-0.3, -0.25) is 4.79 Å². The van der Waals surface area contributed by atoms with Crippen molar-refractivity contribution in [1.29, 1.82) is 0 Å². The zero-order chi connectivity index (χ0) is 12.3. The third kappa shape index (κ3) is 3.58. The summed E-state index contributed by atoms with van der Waals surface area (Å²) in [6, 6.07) is 5.28. The lowest BCUT2D eigenvalue weighted by Crippen LogP contribution is -2.26. The summed E-state index contributed by atoms with van der Waals surface area (Å²) in [6.07, 6.45) is 0. The van der Waals surface area contributed by atoms with Crippen LogP contribution in [0, 0.1) is 5.41 Å². The molecule has 0 radical (unpaired) electrons. The molecule has 0 unspecified atom stereocenters. The molecule has 5 heteroatoms. The van der Waals surface area contributed by atoms with Crippen LogP contribution in [0.4, 0.5) is 0 Å². The lowest BCUT2D eigenvalue weighted by atomic mass is 9.97. The fourth-order valence-corrected chi connectivity index (χ4v) is 2.27. The molecule has 1 N–H and O–H groups in total. The van der Waals surface area contributed by atoms with Gasteiger partial charge in [-0.15, -0.1) is 11.8 Å². The summed E-state index contributed by atoms with van der Waals surface area (Å²) in [6.45, 7) is 3.39. The normalized spacial score (nSPS) is 11.5. The van der Waals surface area contributed by atoms with Crippen molar-refractivity contribution in [3.8, 4) is 0 Å². The van der Waals surface area contributed by atoms with Gasteiger partial charge in [0.05, 0.1) is 15.5 Å². The minimum Gasteiger partial charge on any atom is -0.481 e. The van der Waals surface area contributed by atoms with Crippen molar-refractivity contribution in [3.05, 3.63) is 28.2 Å². The van der Waals surface area contributed by atoms with Crippen LogP contribution in [0.2, 0.25) is 10.0 Å². The van der Waals surface area contributed by atoms with Crippen LogP contribution in [0.3, 0.4) is 0 Å². The second kappa shape index (κ2) is 5.30. The molecule has 0 aliphatic rings. The Kier molecular flexibility index (Phi) is 4.53. The van der Waals surface area contributed by atoms with Crippen molar-refractivity contribution >= 4 is 40.9 Å². The smallest absolute Gasteiger partial charge is 0.309 e. The highest BCUT2D eigenvalue weighted by Gasteiger charge is 2.27. The summed E-state index contributed by atoms with van der Waals surface area (Å²) in [5.74, 6) is -0.319. The number of halogens is 2. The molecule has 0 fully saturated rings. The highest BCUT2D eigenvalue weighted by atomic mass is 35.5. The summed E-state index contributed by atoms with van der Waals surface area (Å²) in [5.41, 5.74) is -0.753. The molecule has 0 saturated heterocycles. The number of benzene rings is 1. The lowest BCUT2D eigenvalue weighted by Gasteiger charge is -2.18. The molecule has 16 heavy (non-hydrogen) atoms. The summed E-state index contributed by atoms with van der Waals surface area (Å²) in [7, 11) is 0. The average Bonchev–Trinajstić information content (AvgIpc) is 2.20. The molecule has 0 aromatic heterocycles.